The molecule has 154 valence electrons. The van der Waals surface area contributed by atoms with Crippen molar-refractivity contribution in [3.63, 3.8) is 0 Å². The van der Waals surface area contributed by atoms with E-state index in [4.69, 9.17) is 0 Å². The van der Waals surface area contributed by atoms with Crippen LogP contribution in [0.15, 0.2) is 48.5 Å². The Morgan fingerprint density at radius 1 is 1.13 bits per heavy atom. The number of amides is 3. The molecular formula is C22H21FN3O4+. The molecule has 8 heteroatoms. The van der Waals surface area contributed by atoms with Crippen molar-refractivity contribution < 1.29 is 29.2 Å². The van der Waals surface area contributed by atoms with Gasteiger partial charge in [0.15, 0.2) is 0 Å². The monoisotopic (exact) mass is 410 g/mol. The fourth-order valence-corrected chi connectivity index (χ4v) is 5.27. The largest absolute Gasteiger partial charge is 0.387 e. The molecule has 3 heterocycles. The average Bonchev–Trinajstić information content (AvgIpc) is 3.31. The van der Waals surface area contributed by atoms with Gasteiger partial charge in [-0.15, -0.1) is 0 Å². The number of nitrogens with two attached hydrogens (primary N) is 1. The van der Waals surface area contributed by atoms with Gasteiger partial charge in [0.1, 0.15) is 29.8 Å². The molecule has 5 rings (SSSR count). The van der Waals surface area contributed by atoms with E-state index in [9.17, 15) is 23.9 Å². The van der Waals surface area contributed by atoms with Crippen LogP contribution in [0.25, 0.3) is 0 Å². The summed E-state index contributed by atoms with van der Waals surface area (Å²) in [5, 5.41) is 14.9. The lowest BCUT2D eigenvalue weighted by Gasteiger charge is -2.27. The molecule has 1 spiro atoms. The standard InChI is InChI=1S/C22H20FN3O4/c1-11(27)18-16-17(22(25-18)14-4-2-3-5-15(14)24-21(22)30)20(29)26(19(16)28)10-12-6-8-13(23)9-7-12/h2-9,11,16-18,25,27H,10H2,1H3,(H,24,30)/p+1/t11-,16-,17-,18+,22-/m0/s1. The summed E-state index contributed by atoms with van der Waals surface area (Å²) in [5.74, 6) is -3.36. The third kappa shape index (κ3) is 2.41. The SMILES string of the molecule is C[C@H](O)[C@H]1[NH2+][C@]2(C(=O)Nc3ccccc32)[C@@H]2C(=O)N(Cc3ccc(F)cc3)C(=O)[C@H]12. The van der Waals surface area contributed by atoms with E-state index in [1.54, 1.807) is 36.5 Å². The van der Waals surface area contributed by atoms with Gasteiger partial charge >= 0.3 is 0 Å². The Morgan fingerprint density at radius 2 is 1.83 bits per heavy atom. The van der Waals surface area contributed by atoms with Crippen molar-refractivity contribution in [2.75, 3.05) is 5.32 Å². The highest BCUT2D eigenvalue weighted by molar-refractivity contribution is 6.13. The normalized spacial score (nSPS) is 30.6. The molecule has 2 saturated heterocycles. The number of hydrogen-bond donors (Lipinski definition) is 3. The number of anilines is 1. The number of imide groups is 1. The van der Waals surface area contributed by atoms with E-state index < -0.39 is 47.2 Å². The fraction of sp³-hybridized carbons (Fsp3) is 0.318. The van der Waals surface area contributed by atoms with Crippen molar-refractivity contribution in [2.24, 2.45) is 11.8 Å². The number of aliphatic hydroxyl groups is 1. The van der Waals surface area contributed by atoms with Gasteiger partial charge in [0, 0.05) is 5.56 Å². The van der Waals surface area contributed by atoms with Gasteiger partial charge in [0.25, 0.3) is 5.91 Å². The number of nitrogens with one attached hydrogen (secondary N) is 1. The van der Waals surface area contributed by atoms with Crippen LogP contribution in [0, 0.1) is 17.7 Å². The lowest BCUT2D eigenvalue weighted by Crippen LogP contribution is -3.00. The molecule has 0 aliphatic carbocycles. The van der Waals surface area contributed by atoms with Gasteiger partial charge in [0.05, 0.1) is 12.2 Å². The third-order valence-electron chi connectivity index (χ3n) is 6.61. The zero-order valence-electron chi connectivity index (χ0n) is 16.2. The summed E-state index contributed by atoms with van der Waals surface area (Å²) in [7, 11) is 0. The molecule has 0 aromatic heterocycles. The number of rotatable bonds is 3. The van der Waals surface area contributed by atoms with Crippen LogP contribution < -0.4 is 10.6 Å². The molecular weight excluding hydrogens is 389 g/mol. The topological polar surface area (TPSA) is 103 Å². The van der Waals surface area contributed by atoms with E-state index in [2.05, 4.69) is 5.32 Å². The second-order valence-electron chi connectivity index (χ2n) is 8.25. The number of para-hydroxylation sites is 1. The van der Waals surface area contributed by atoms with E-state index in [0.29, 0.717) is 16.8 Å². The third-order valence-corrected chi connectivity index (χ3v) is 6.61. The van der Waals surface area contributed by atoms with Crippen LogP contribution in [0.3, 0.4) is 0 Å². The molecule has 0 saturated carbocycles. The van der Waals surface area contributed by atoms with E-state index in [1.165, 1.54) is 24.3 Å². The van der Waals surface area contributed by atoms with Crippen molar-refractivity contribution >= 4 is 23.4 Å². The maximum atomic E-state index is 13.5. The lowest BCUT2D eigenvalue weighted by molar-refractivity contribution is -0.738. The van der Waals surface area contributed by atoms with Gasteiger partial charge in [-0.2, -0.15) is 0 Å². The first kappa shape index (κ1) is 18.9. The molecule has 0 radical (unpaired) electrons. The summed E-state index contributed by atoms with van der Waals surface area (Å²) < 4.78 is 13.2. The second kappa shape index (κ2) is 6.45. The maximum Gasteiger partial charge on any atom is 0.291 e. The van der Waals surface area contributed by atoms with Crippen molar-refractivity contribution in [3.8, 4) is 0 Å². The minimum Gasteiger partial charge on any atom is -0.387 e. The predicted molar refractivity (Wildman–Crippen MR) is 103 cm³/mol. The molecule has 3 aliphatic rings. The van der Waals surface area contributed by atoms with Crippen molar-refractivity contribution in [2.45, 2.75) is 31.2 Å². The zero-order valence-corrected chi connectivity index (χ0v) is 16.2. The molecule has 5 atom stereocenters. The average molecular weight is 410 g/mol. The second-order valence-corrected chi connectivity index (χ2v) is 8.25. The number of hydrogen-bond acceptors (Lipinski definition) is 4. The Kier molecular flexibility index (Phi) is 4.06. The molecule has 2 aromatic carbocycles. The molecule has 2 aromatic rings. The summed E-state index contributed by atoms with van der Waals surface area (Å²) in [5.41, 5.74) is 0.576. The molecule has 0 bridgehead atoms. The van der Waals surface area contributed by atoms with Gasteiger partial charge in [-0.1, -0.05) is 30.3 Å². The minimum atomic E-state index is -1.30. The van der Waals surface area contributed by atoms with Gasteiger partial charge in [-0.3, -0.25) is 19.3 Å². The van der Waals surface area contributed by atoms with Crippen LogP contribution in [-0.4, -0.2) is 39.9 Å². The number of benzene rings is 2. The quantitative estimate of drug-likeness (QED) is 0.625. The molecule has 3 aliphatic heterocycles. The number of aliphatic hydroxyl groups excluding tert-OH is 1. The van der Waals surface area contributed by atoms with Crippen LogP contribution in [0.2, 0.25) is 0 Å². The number of nitrogens with zero attached hydrogens (tertiary/aromatic N) is 1. The predicted octanol–water partition coefficient (Wildman–Crippen LogP) is 0.101. The number of carbonyl (C=O) groups excluding carboxylic acids is 3. The summed E-state index contributed by atoms with van der Waals surface area (Å²) >= 11 is 0. The first-order valence-electron chi connectivity index (χ1n) is 9.89. The molecule has 4 N–H and O–H groups in total. The number of carbonyl (C=O) groups is 3. The van der Waals surface area contributed by atoms with Crippen molar-refractivity contribution in [1.29, 1.82) is 0 Å². The molecule has 7 nitrogen and oxygen atoms in total. The Hall–Kier alpha value is -3.10. The van der Waals surface area contributed by atoms with Crippen LogP contribution in [0.4, 0.5) is 10.1 Å². The molecule has 3 amide bonds. The van der Waals surface area contributed by atoms with E-state index in [0.717, 1.165) is 4.90 Å². The molecule has 0 unspecified atom stereocenters. The van der Waals surface area contributed by atoms with E-state index in [-0.39, 0.29) is 12.5 Å². The van der Waals surface area contributed by atoms with Gasteiger partial charge in [0.2, 0.25) is 17.4 Å². The summed E-state index contributed by atoms with van der Waals surface area (Å²) in [6.45, 7) is 1.56. The minimum absolute atomic E-state index is 0.00315. The van der Waals surface area contributed by atoms with Crippen LogP contribution in [0.1, 0.15) is 18.1 Å². The van der Waals surface area contributed by atoms with E-state index >= 15 is 0 Å². The number of likely N-dealkylation sites (tertiary alicyclic amines) is 1. The number of halogens is 1. The zero-order chi connectivity index (χ0) is 21.2. The maximum absolute atomic E-state index is 13.5. The van der Waals surface area contributed by atoms with Crippen molar-refractivity contribution in [3.05, 3.63) is 65.5 Å². The highest BCUT2D eigenvalue weighted by Crippen LogP contribution is 2.49. The lowest BCUT2D eigenvalue weighted by atomic mass is 9.76. The van der Waals surface area contributed by atoms with Crippen LogP contribution in [-0.2, 0) is 26.5 Å². The summed E-state index contributed by atoms with van der Waals surface area (Å²) in [4.78, 5) is 41.1. The Bertz CT molecular complexity index is 1070. The molecule has 2 fully saturated rings. The van der Waals surface area contributed by atoms with Gasteiger partial charge in [-0.25, -0.2) is 4.39 Å². The Balaban J connectivity index is 1.59. The smallest absolute Gasteiger partial charge is 0.291 e. The fourth-order valence-electron chi connectivity index (χ4n) is 5.27. The van der Waals surface area contributed by atoms with Crippen LogP contribution >= 0.6 is 0 Å². The summed E-state index contributed by atoms with van der Waals surface area (Å²) in [6.07, 6.45) is -0.903. The first-order valence-corrected chi connectivity index (χ1v) is 9.89. The van der Waals surface area contributed by atoms with Crippen molar-refractivity contribution in [1.82, 2.24) is 4.90 Å². The summed E-state index contributed by atoms with van der Waals surface area (Å²) in [6, 6.07) is 12.1. The Labute approximate surface area is 171 Å². The van der Waals surface area contributed by atoms with Crippen LogP contribution in [0.5, 0.6) is 0 Å². The number of quaternary nitrogens is 1. The highest BCUT2D eigenvalue weighted by Gasteiger charge is 2.74. The molecule has 30 heavy (non-hydrogen) atoms. The Morgan fingerprint density at radius 3 is 2.53 bits per heavy atom. The highest BCUT2D eigenvalue weighted by atomic mass is 19.1. The van der Waals surface area contributed by atoms with Gasteiger partial charge in [-0.05, 0) is 30.7 Å². The number of fused-ring (bicyclic) bond motifs is 4. The van der Waals surface area contributed by atoms with E-state index in [1.807, 2.05) is 0 Å². The first-order chi connectivity index (χ1) is 14.3. The van der Waals surface area contributed by atoms with Gasteiger partial charge < -0.3 is 15.7 Å².